The molecule has 0 aliphatic carbocycles. The number of carbonyl (C=O) groups excluding carboxylic acids is 1. The molecule has 1 aliphatic heterocycles. The molecule has 7 rings (SSSR count). The molecule has 47 heavy (non-hydrogen) atoms. The summed E-state index contributed by atoms with van der Waals surface area (Å²) < 4.78 is 8.02. The molecule has 0 saturated carbocycles. The van der Waals surface area contributed by atoms with Crippen molar-refractivity contribution in [1.82, 2.24) is 19.7 Å². The summed E-state index contributed by atoms with van der Waals surface area (Å²) in [5, 5.41) is 15.7. The predicted octanol–water partition coefficient (Wildman–Crippen LogP) is 8.53. The van der Waals surface area contributed by atoms with E-state index in [1.54, 1.807) is 16.9 Å². The van der Waals surface area contributed by atoms with E-state index in [1.165, 1.54) is 0 Å². The standard InChI is InChI=1S/C37H34N8O2/c1-23-9-13-27(14-10-23)45-33(20-32(44-45)37(2,3)4)42-36(46)41-30-15-16-31(29-8-6-5-7-28(29)30)47-34-17-18-39-35(43-34)40-26-12-11-24-21-38-22-25(24)19-26/h5-21H,22H2,1-4H3,(H,39,40,43)(H2,41,42,46). The lowest BCUT2D eigenvalue weighted by atomic mass is 9.92. The number of nitrogens with zero attached hydrogens (tertiary/aromatic N) is 5. The zero-order valence-corrected chi connectivity index (χ0v) is 26.6. The van der Waals surface area contributed by atoms with Crippen molar-refractivity contribution in [1.29, 1.82) is 0 Å². The molecule has 2 amide bonds. The van der Waals surface area contributed by atoms with Gasteiger partial charge in [-0.3, -0.25) is 10.3 Å². The number of carbonyl (C=O) groups is 1. The van der Waals surface area contributed by atoms with E-state index >= 15 is 0 Å². The predicted molar refractivity (Wildman–Crippen MR) is 187 cm³/mol. The van der Waals surface area contributed by atoms with Gasteiger partial charge in [0.2, 0.25) is 11.8 Å². The van der Waals surface area contributed by atoms with Crippen LogP contribution in [0.3, 0.4) is 0 Å². The van der Waals surface area contributed by atoms with Gasteiger partial charge in [0.05, 0.1) is 23.6 Å². The summed E-state index contributed by atoms with van der Waals surface area (Å²) in [4.78, 5) is 26.7. The lowest BCUT2D eigenvalue weighted by molar-refractivity contribution is 0.262. The summed E-state index contributed by atoms with van der Waals surface area (Å²) in [6.45, 7) is 8.99. The number of aliphatic imine (C=N–C) groups is 1. The SMILES string of the molecule is Cc1ccc(-n2nc(C(C)(C)C)cc2NC(=O)Nc2ccc(Oc3ccnc(Nc4ccc5c(c4)CN=C5)n3)c3ccccc23)cc1. The normalized spacial score (nSPS) is 12.2. The Hall–Kier alpha value is -6.03. The first-order chi connectivity index (χ1) is 22.7. The second kappa shape index (κ2) is 12.1. The van der Waals surface area contributed by atoms with E-state index in [-0.39, 0.29) is 11.4 Å². The smallest absolute Gasteiger partial charge is 0.324 e. The number of urea groups is 1. The van der Waals surface area contributed by atoms with E-state index in [0.29, 0.717) is 35.6 Å². The third-order valence-corrected chi connectivity index (χ3v) is 7.87. The molecule has 3 heterocycles. The van der Waals surface area contributed by atoms with Crippen LogP contribution >= 0.6 is 0 Å². The van der Waals surface area contributed by atoms with Crippen LogP contribution in [0.4, 0.5) is 27.9 Å². The number of aryl methyl sites for hydroxylation is 1. The second-order valence-corrected chi connectivity index (χ2v) is 12.5. The highest BCUT2D eigenvalue weighted by molar-refractivity contribution is 6.07. The molecule has 0 fully saturated rings. The monoisotopic (exact) mass is 622 g/mol. The van der Waals surface area contributed by atoms with Gasteiger partial charge in [-0.05, 0) is 54.4 Å². The maximum atomic E-state index is 13.4. The highest BCUT2D eigenvalue weighted by atomic mass is 16.5. The Kier molecular flexibility index (Phi) is 7.61. The maximum Gasteiger partial charge on any atom is 0.324 e. The van der Waals surface area contributed by atoms with Crippen LogP contribution in [-0.2, 0) is 12.0 Å². The fourth-order valence-corrected chi connectivity index (χ4v) is 5.35. The number of aromatic nitrogens is 4. The van der Waals surface area contributed by atoms with Crippen molar-refractivity contribution in [3.05, 3.63) is 120 Å². The minimum Gasteiger partial charge on any atom is -0.438 e. The minimum atomic E-state index is -0.387. The van der Waals surface area contributed by atoms with E-state index < -0.39 is 0 Å². The zero-order valence-electron chi connectivity index (χ0n) is 26.6. The van der Waals surface area contributed by atoms with E-state index in [0.717, 1.165) is 44.5 Å². The van der Waals surface area contributed by atoms with Crippen LogP contribution < -0.4 is 20.7 Å². The van der Waals surface area contributed by atoms with Crippen molar-refractivity contribution < 1.29 is 9.53 Å². The van der Waals surface area contributed by atoms with Crippen molar-refractivity contribution in [2.24, 2.45) is 4.99 Å². The highest BCUT2D eigenvalue weighted by Gasteiger charge is 2.22. The summed E-state index contributed by atoms with van der Waals surface area (Å²) in [6.07, 6.45) is 3.53. The van der Waals surface area contributed by atoms with Crippen molar-refractivity contribution in [3.63, 3.8) is 0 Å². The van der Waals surface area contributed by atoms with Crippen LogP contribution in [-0.4, -0.2) is 32.0 Å². The number of amides is 2. The quantitative estimate of drug-likeness (QED) is 0.164. The fraction of sp³-hybridized carbons (Fsp3) is 0.162. The molecular formula is C37H34N8O2. The molecule has 4 aromatic carbocycles. The molecule has 2 aromatic heterocycles. The number of rotatable bonds is 7. The van der Waals surface area contributed by atoms with Crippen LogP contribution in [0.5, 0.6) is 11.6 Å². The summed E-state index contributed by atoms with van der Waals surface area (Å²) in [5.41, 5.74) is 6.46. The molecule has 0 atom stereocenters. The Labute approximate surface area is 272 Å². The molecule has 10 nitrogen and oxygen atoms in total. The maximum absolute atomic E-state index is 13.4. The summed E-state index contributed by atoms with van der Waals surface area (Å²) in [6, 6.07) is 28.7. The van der Waals surface area contributed by atoms with Crippen molar-refractivity contribution in [2.45, 2.75) is 39.7 Å². The van der Waals surface area contributed by atoms with Crippen LogP contribution in [0, 0.1) is 6.92 Å². The topological polar surface area (TPSA) is 118 Å². The highest BCUT2D eigenvalue weighted by Crippen LogP contribution is 2.35. The van der Waals surface area contributed by atoms with Gasteiger partial charge in [0, 0.05) is 46.4 Å². The minimum absolute atomic E-state index is 0.202. The first kappa shape index (κ1) is 29.7. The lowest BCUT2D eigenvalue weighted by Gasteiger charge is -2.14. The Morgan fingerprint density at radius 1 is 0.894 bits per heavy atom. The van der Waals surface area contributed by atoms with Gasteiger partial charge in [0.25, 0.3) is 0 Å². The van der Waals surface area contributed by atoms with Gasteiger partial charge in [-0.2, -0.15) is 10.1 Å². The Morgan fingerprint density at radius 2 is 1.70 bits per heavy atom. The Bertz CT molecular complexity index is 2150. The zero-order chi connectivity index (χ0) is 32.5. The first-order valence-corrected chi connectivity index (χ1v) is 15.4. The fourth-order valence-electron chi connectivity index (χ4n) is 5.35. The summed E-state index contributed by atoms with van der Waals surface area (Å²) in [5.74, 6) is 1.97. The second-order valence-electron chi connectivity index (χ2n) is 12.5. The third kappa shape index (κ3) is 6.39. The number of hydrogen-bond acceptors (Lipinski definition) is 7. The first-order valence-electron chi connectivity index (χ1n) is 15.4. The number of benzene rings is 4. The summed E-state index contributed by atoms with van der Waals surface area (Å²) in [7, 11) is 0. The van der Waals surface area contributed by atoms with Crippen LogP contribution in [0.15, 0.2) is 102 Å². The average molecular weight is 623 g/mol. The van der Waals surface area contributed by atoms with Gasteiger partial charge in [0.1, 0.15) is 11.6 Å². The molecule has 6 aromatic rings. The van der Waals surface area contributed by atoms with Gasteiger partial charge in [0.15, 0.2) is 0 Å². The largest absolute Gasteiger partial charge is 0.438 e. The van der Waals surface area contributed by atoms with Gasteiger partial charge in [-0.25, -0.2) is 14.5 Å². The van der Waals surface area contributed by atoms with E-state index in [9.17, 15) is 4.79 Å². The van der Waals surface area contributed by atoms with Gasteiger partial charge < -0.3 is 15.4 Å². The van der Waals surface area contributed by atoms with Crippen molar-refractivity contribution in [3.8, 4) is 17.3 Å². The number of nitrogens with one attached hydrogen (secondary N) is 3. The number of ether oxygens (including phenoxy) is 1. The van der Waals surface area contributed by atoms with Gasteiger partial charge in [-0.15, -0.1) is 0 Å². The molecule has 0 radical (unpaired) electrons. The molecule has 0 spiro atoms. The molecule has 0 unspecified atom stereocenters. The molecular weight excluding hydrogens is 588 g/mol. The molecule has 10 heteroatoms. The third-order valence-electron chi connectivity index (χ3n) is 7.87. The average Bonchev–Trinajstić information content (AvgIpc) is 3.70. The van der Waals surface area contributed by atoms with Gasteiger partial charge in [-0.1, -0.05) is 68.8 Å². The summed E-state index contributed by atoms with van der Waals surface area (Å²) >= 11 is 0. The number of hydrogen-bond donors (Lipinski definition) is 3. The van der Waals surface area contributed by atoms with E-state index in [1.807, 2.05) is 92.0 Å². The van der Waals surface area contributed by atoms with E-state index in [4.69, 9.17) is 9.84 Å². The molecule has 0 saturated heterocycles. The van der Waals surface area contributed by atoms with Crippen LogP contribution in [0.1, 0.15) is 43.2 Å². The Morgan fingerprint density at radius 3 is 2.51 bits per heavy atom. The molecule has 3 N–H and O–H groups in total. The Balaban J connectivity index is 1.11. The van der Waals surface area contributed by atoms with Crippen molar-refractivity contribution in [2.75, 3.05) is 16.0 Å². The lowest BCUT2D eigenvalue weighted by Crippen LogP contribution is -2.21. The molecule has 234 valence electrons. The number of anilines is 4. The van der Waals surface area contributed by atoms with Crippen molar-refractivity contribution >= 4 is 46.2 Å². The number of fused-ring (bicyclic) bond motifs is 2. The van der Waals surface area contributed by atoms with Crippen LogP contribution in [0.2, 0.25) is 0 Å². The van der Waals surface area contributed by atoms with E-state index in [2.05, 4.69) is 57.7 Å². The van der Waals surface area contributed by atoms with Crippen LogP contribution in [0.25, 0.3) is 16.5 Å². The molecule has 1 aliphatic rings. The molecule has 0 bridgehead atoms. The van der Waals surface area contributed by atoms with Gasteiger partial charge >= 0.3 is 6.03 Å².